The Morgan fingerprint density at radius 3 is 2.55 bits per heavy atom. The molecule has 0 unspecified atom stereocenters. The van der Waals surface area contributed by atoms with Crippen molar-refractivity contribution in [2.24, 2.45) is 0 Å². The van der Waals surface area contributed by atoms with Crippen LogP contribution in [-0.2, 0) is 26.5 Å². The lowest BCUT2D eigenvalue weighted by atomic mass is 9.96. The molecule has 0 radical (unpaired) electrons. The van der Waals surface area contributed by atoms with E-state index in [4.69, 9.17) is 9.05 Å². The third-order valence-corrected chi connectivity index (χ3v) is 6.17. The van der Waals surface area contributed by atoms with E-state index in [9.17, 15) is 9.83 Å². The Hall–Kier alpha value is -0.860. The standard InChI is InChI=1S/C13H19N2O3PS/c1-3-17-19(16,18-4-2)15-13-11(9-14)10-7-5-6-8-12(10)20-13/h3-8H2,1-2H3,(H,15,16). The third kappa shape index (κ3) is 3.24. The van der Waals surface area contributed by atoms with Crippen molar-refractivity contribution < 1.29 is 13.6 Å². The number of thiophene rings is 1. The van der Waals surface area contributed by atoms with Crippen molar-refractivity contribution in [1.82, 2.24) is 0 Å². The van der Waals surface area contributed by atoms with E-state index in [-0.39, 0.29) is 13.2 Å². The summed E-state index contributed by atoms with van der Waals surface area (Å²) in [4.78, 5) is 1.22. The lowest BCUT2D eigenvalue weighted by Crippen LogP contribution is -2.05. The van der Waals surface area contributed by atoms with E-state index in [0.717, 1.165) is 31.2 Å². The van der Waals surface area contributed by atoms with Crippen LogP contribution < -0.4 is 5.09 Å². The number of hydrogen-bond acceptors (Lipinski definition) is 5. The molecule has 1 N–H and O–H groups in total. The Labute approximate surface area is 123 Å². The van der Waals surface area contributed by atoms with Crippen LogP contribution >= 0.6 is 19.1 Å². The molecule has 1 aliphatic rings. The summed E-state index contributed by atoms with van der Waals surface area (Å²) in [5.74, 6) is 0. The number of rotatable bonds is 6. The molecule has 0 saturated heterocycles. The normalized spacial score (nSPS) is 14.7. The predicted octanol–water partition coefficient (Wildman–Crippen LogP) is 4.09. The van der Waals surface area contributed by atoms with Gasteiger partial charge >= 0.3 is 7.75 Å². The number of anilines is 1. The molecule has 0 saturated carbocycles. The summed E-state index contributed by atoms with van der Waals surface area (Å²) in [5.41, 5.74) is 1.70. The van der Waals surface area contributed by atoms with Gasteiger partial charge in [0.15, 0.2) is 0 Å². The van der Waals surface area contributed by atoms with Crippen molar-refractivity contribution in [2.75, 3.05) is 18.3 Å². The van der Waals surface area contributed by atoms with E-state index < -0.39 is 7.75 Å². The quantitative estimate of drug-likeness (QED) is 0.801. The summed E-state index contributed by atoms with van der Waals surface area (Å²) in [6.07, 6.45) is 4.16. The molecule has 1 aliphatic carbocycles. The highest BCUT2D eigenvalue weighted by Crippen LogP contribution is 2.51. The maximum atomic E-state index is 12.5. The fourth-order valence-electron chi connectivity index (χ4n) is 2.33. The first-order valence-corrected chi connectivity index (χ1v) is 9.21. The zero-order valence-corrected chi connectivity index (χ0v) is 13.5. The van der Waals surface area contributed by atoms with Gasteiger partial charge in [-0.15, -0.1) is 11.3 Å². The van der Waals surface area contributed by atoms with Crippen LogP contribution in [0.5, 0.6) is 0 Å². The van der Waals surface area contributed by atoms with Crippen LogP contribution in [0.3, 0.4) is 0 Å². The van der Waals surface area contributed by atoms with Gasteiger partial charge in [-0.3, -0.25) is 14.1 Å². The number of nitriles is 1. The zero-order valence-electron chi connectivity index (χ0n) is 11.8. The summed E-state index contributed by atoms with van der Waals surface area (Å²) in [7, 11) is -3.38. The number of hydrogen-bond donors (Lipinski definition) is 1. The lowest BCUT2D eigenvalue weighted by molar-refractivity contribution is 0.225. The third-order valence-electron chi connectivity index (χ3n) is 3.12. The van der Waals surface area contributed by atoms with Crippen molar-refractivity contribution in [3.63, 3.8) is 0 Å². The van der Waals surface area contributed by atoms with Crippen LogP contribution in [0.4, 0.5) is 5.00 Å². The van der Waals surface area contributed by atoms with E-state index in [1.165, 1.54) is 16.2 Å². The molecular weight excluding hydrogens is 295 g/mol. The molecule has 5 nitrogen and oxygen atoms in total. The van der Waals surface area contributed by atoms with E-state index in [0.29, 0.717) is 10.6 Å². The van der Waals surface area contributed by atoms with Crippen LogP contribution in [0.1, 0.15) is 42.7 Å². The first-order chi connectivity index (χ1) is 9.63. The maximum Gasteiger partial charge on any atom is 0.433 e. The fraction of sp³-hybridized carbons (Fsp3) is 0.615. The number of aryl methyl sites for hydroxylation is 1. The first-order valence-electron chi connectivity index (χ1n) is 6.85. The van der Waals surface area contributed by atoms with Crippen LogP contribution in [-0.4, -0.2) is 13.2 Å². The lowest BCUT2D eigenvalue weighted by Gasteiger charge is -2.17. The Morgan fingerprint density at radius 1 is 1.30 bits per heavy atom. The van der Waals surface area contributed by atoms with E-state index >= 15 is 0 Å². The SMILES string of the molecule is CCOP(=O)(Nc1sc2c(c1C#N)CCCC2)OCC. The molecule has 1 heterocycles. The highest BCUT2D eigenvalue weighted by molar-refractivity contribution is 7.56. The number of nitrogens with zero attached hydrogens (tertiary/aromatic N) is 1. The van der Waals surface area contributed by atoms with Crippen molar-refractivity contribution in [3.8, 4) is 6.07 Å². The van der Waals surface area contributed by atoms with Gasteiger partial charge in [-0.1, -0.05) is 0 Å². The average molecular weight is 314 g/mol. The molecule has 110 valence electrons. The summed E-state index contributed by atoms with van der Waals surface area (Å²) < 4.78 is 23.0. The van der Waals surface area contributed by atoms with Gasteiger partial charge < -0.3 is 0 Å². The monoisotopic (exact) mass is 314 g/mol. The van der Waals surface area contributed by atoms with E-state index in [1.807, 2.05) is 0 Å². The summed E-state index contributed by atoms with van der Waals surface area (Å²) in [6.45, 7) is 4.10. The fourth-order valence-corrected chi connectivity index (χ4v) is 5.18. The van der Waals surface area contributed by atoms with Crippen LogP contribution in [0.2, 0.25) is 0 Å². The van der Waals surface area contributed by atoms with Crippen molar-refractivity contribution in [2.45, 2.75) is 39.5 Å². The van der Waals surface area contributed by atoms with Gasteiger partial charge in [-0.05, 0) is 45.1 Å². The Bertz CT molecular complexity index is 555. The molecular formula is C13H19N2O3PS. The minimum Gasteiger partial charge on any atom is -0.293 e. The molecule has 20 heavy (non-hydrogen) atoms. The number of nitrogens with one attached hydrogen (secondary N) is 1. The Balaban J connectivity index is 2.31. The second-order valence-electron chi connectivity index (χ2n) is 4.47. The van der Waals surface area contributed by atoms with Crippen molar-refractivity contribution in [3.05, 3.63) is 16.0 Å². The zero-order chi connectivity index (χ0) is 14.6. The van der Waals surface area contributed by atoms with Gasteiger partial charge in [-0.2, -0.15) is 5.26 Å². The largest absolute Gasteiger partial charge is 0.433 e. The molecule has 2 rings (SSSR count). The van der Waals surface area contributed by atoms with Gasteiger partial charge in [0.25, 0.3) is 0 Å². The smallest absolute Gasteiger partial charge is 0.293 e. The molecule has 7 heteroatoms. The average Bonchev–Trinajstić information content (AvgIpc) is 2.75. The Morgan fingerprint density at radius 2 is 1.95 bits per heavy atom. The second-order valence-corrected chi connectivity index (χ2v) is 7.31. The number of fused-ring (bicyclic) bond motifs is 1. The van der Waals surface area contributed by atoms with E-state index in [1.54, 1.807) is 13.8 Å². The van der Waals surface area contributed by atoms with Crippen LogP contribution in [0.15, 0.2) is 0 Å². The summed E-state index contributed by atoms with van der Waals surface area (Å²) in [6, 6.07) is 2.23. The molecule has 0 aliphatic heterocycles. The van der Waals surface area contributed by atoms with Crippen molar-refractivity contribution in [1.29, 1.82) is 5.26 Å². The van der Waals surface area contributed by atoms with Crippen LogP contribution in [0, 0.1) is 11.3 Å². The highest BCUT2D eigenvalue weighted by Gasteiger charge is 2.28. The predicted molar refractivity (Wildman–Crippen MR) is 80.2 cm³/mol. The van der Waals surface area contributed by atoms with Gasteiger partial charge in [0, 0.05) is 4.88 Å². The van der Waals surface area contributed by atoms with Gasteiger partial charge in [-0.25, -0.2) is 4.57 Å². The highest BCUT2D eigenvalue weighted by atomic mass is 32.1. The molecule has 0 amide bonds. The van der Waals surface area contributed by atoms with Gasteiger partial charge in [0.2, 0.25) is 0 Å². The minimum absolute atomic E-state index is 0.289. The summed E-state index contributed by atoms with van der Waals surface area (Å²) in [5, 5.41) is 12.8. The molecule has 1 aromatic heterocycles. The minimum atomic E-state index is -3.38. The van der Waals surface area contributed by atoms with Gasteiger partial charge in [0.1, 0.15) is 11.1 Å². The molecule has 0 atom stereocenters. The molecule has 1 aromatic rings. The van der Waals surface area contributed by atoms with Crippen LogP contribution in [0.25, 0.3) is 0 Å². The van der Waals surface area contributed by atoms with Crippen molar-refractivity contribution >= 4 is 24.1 Å². The molecule has 0 aromatic carbocycles. The Kier molecular flexibility index (Phi) is 5.22. The summed E-state index contributed by atoms with van der Waals surface area (Å²) >= 11 is 1.50. The van der Waals surface area contributed by atoms with E-state index in [2.05, 4.69) is 11.2 Å². The molecule has 0 fully saturated rings. The molecule has 0 bridgehead atoms. The maximum absolute atomic E-state index is 12.5. The first kappa shape index (κ1) is 15.5. The second kappa shape index (κ2) is 6.73. The topological polar surface area (TPSA) is 71.3 Å². The van der Waals surface area contributed by atoms with Gasteiger partial charge in [0.05, 0.1) is 18.8 Å². The molecule has 0 spiro atoms.